The third kappa shape index (κ3) is 1.25. The Balaban J connectivity index is 2.57. The second-order valence-electron chi connectivity index (χ2n) is 3.08. The van der Waals surface area contributed by atoms with Gasteiger partial charge in [0.1, 0.15) is 5.69 Å². The lowest BCUT2D eigenvalue weighted by Crippen LogP contribution is -2.03. The number of fused-ring (bicyclic) bond motifs is 1. The van der Waals surface area contributed by atoms with Crippen LogP contribution in [0, 0.1) is 6.92 Å². The van der Waals surface area contributed by atoms with Crippen molar-refractivity contribution in [2.45, 2.75) is 6.92 Å². The van der Waals surface area contributed by atoms with E-state index in [-0.39, 0.29) is 0 Å². The largest absolute Gasteiger partial charge is 0.464 e. The van der Waals surface area contributed by atoms with Crippen LogP contribution in [0.4, 0.5) is 0 Å². The number of aromatic amines is 1. The highest BCUT2D eigenvalue weighted by Gasteiger charge is 2.08. The molecule has 0 unspecified atom stereocenters. The Kier molecular flexibility index (Phi) is 1.96. The van der Waals surface area contributed by atoms with E-state index in [2.05, 4.69) is 14.7 Å². The molecule has 4 nitrogen and oxygen atoms in total. The Morgan fingerprint density at radius 1 is 1.57 bits per heavy atom. The molecule has 0 amide bonds. The first-order chi connectivity index (χ1) is 6.72. The van der Waals surface area contributed by atoms with Crippen molar-refractivity contribution in [2.24, 2.45) is 0 Å². The summed E-state index contributed by atoms with van der Waals surface area (Å²) in [5, 5.41) is 1.03. The summed E-state index contributed by atoms with van der Waals surface area (Å²) < 4.78 is 4.58. The van der Waals surface area contributed by atoms with Crippen LogP contribution in [0.15, 0.2) is 18.5 Å². The quantitative estimate of drug-likeness (QED) is 0.696. The summed E-state index contributed by atoms with van der Waals surface area (Å²) in [6, 6.07) is 1.69. The van der Waals surface area contributed by atoms with Crippen LogP contribution in [0.1, 0.15) is 16.1 Å². The maximum absolute atomic E-state index is 11.2. The van der Waals surface area contributed by atoms with E-state index in [0.717, 1.165) is 16.5 Å². The smallest absolute Gasteiger partial charge is 0.356 e. The van der Waals surface area contributed by atoms with Gasteiger partial charge in [0, 0.05) is 23.3 Å². The summed E-state index contributed by atoms with van der Waals surface area (Å²) in [7, 11) is 1.34. The molecule has 2 aromatic heterocycles. The van der Waals surface area contributed by atoms with Crippen molar-refractivity contribution in [3.05, 3.63) is 29.7 Å². The van der Waals surface area contributed by atoms with Gasteiger partial charge in [-0.25, -0.2) is 9.78 Å². The molecule has 0 aliphatic rings. The van der Waals surface area contributed by atoms with Gasteiger partial charge in [0.25, 0.3) is 0 Å². The second kappa shape index (κ2) is 3.14. The predicted octanol–water partition coefficient (Wildman–Crippen LogP) is 1.66. The molecule has 2 aromatic rings. The average molecular weight is 190 g/mol. The number of ether oxygens (including phenoxy) is 1. The van der Waals surface area contributed by atoms with E-state index in [0.29, 0.717) is 5.69 Å². The zero-order valence-electron chi connectivity index (χ0n) is 8.00. The molecule has 14 heavy (non-hydrogen) atoms. The zero-order valence-corrected chi connectivity index (χ0v) is 8.00. The summed E-state index contributed by atoms with van der Waals surface area (Å²) in [5.41, 5.74) is 2.34. The predicted molar refractivity (Wildman–Crippen MR) is 52.2 cm³/mol. The molecule has 0 radical (unpaired) electrons. The number of hydrogen-bond acceptors (Lipinski definition) is 3. The van der Waals surface area contributed by atoms with Crippen molar-refractivity contribution in [2.75, 3.05) is 7.11 Å². The number of nitrogens with zero attached hydrogens (tertiary/aromatic N) is 1. The number of aromatic nitrogens is 2. The summed E-state index contributed by atoms with van der Waals surface area (Å²) >= 11 is 0. The van der Waals surface area contributed by atoms with Gasteiger partial charge in [-0.2, -0.15) is 0 Å². The van der Waals surface area contributed by atoms with E-state index < -0.39 is 5.97 Å². The Hall–Kier alpha value is -1.84. The Morgan fingerprint density at radius 2 is 2.36 bits per heavy atom. The van der Waals surface area contributed by atoms with Gasteiger partial charge in [-0.3, -0.25) is 0 Å². The van der Waals surface area contributed by atoms with Crippen LogP contribution in [-0.4, -0.2) is 23.0 Å². The molecule has 0 fully saturated rings. The first-order valence-electron chi connectivity index (χ1n) is 4.24. The Morgan fingerprint density at radius 3 is 3.07 bits per heavy atom. The molecule has 0 aromatic carbocycles. The van der Waals surface area contributed by atoms with E-state index in [1.54, 1.807) is 12.3 Å². The van der Waals surface area contributed by atoms with Crippen molar-refractivity contribution in [1.29, 1.82) is 0 Å². The monoisotopic (exact) mass is 190 g/mol. The standard InChI is InChI=1S/C10H10N2O2/c1-6-4-11-8-3-9(10(13)14-2)12-5-7(6)8/h3-5,11H,1-2H3. The number of methoxy groups -OCH3 is 1. The van der Waals surface area contributed by atoms with E-state index in [4.69, 9.17) is 0 Å². The Bertz CT molecular complexity index is 488. The maximum atomic E-state index is 11.2. The number of hydrogen-bond donors (Lipinski definition) is 1. The zero-order chi connectivity index (χ0) is 10.1. The van der Waals surface area contributed by atoms with Gasteiger partial charge in [0.05, 0.1) is 7.11 Å². The van der Waals surface area contributed by atoms with Crippen molar-refractivity contribution in [3.63, 3.8) is 0 Å². The molecule has 4 heteroatoms. The molecule has 0 saturated heterocycles. The van der Waals surface area contributed by atoms with Gasteiger partial charge in [-0.05, 0) is 18.6 Å². The number of H-pyrrole nitrogens is 1. The molecule has 0 saturated carbocycles. The van der Waals surface area contributed by atoms with Crippen molar-refractivity contribution < 1.29 is 9.53 Å². The lowest BCUT2D eigenvalue weighted by molar-refractivity contribution is 0.0594. The molecule has 0 atom stereocenters. The summed E-state index contributed by atoms with van der Waals surface area (Å²) in [4.78, 5) is 18.2. The van der Waals surface area contributed by atoms with E-state index >= 15 is 0 Å². The molecular weight excluding hydrogens is 180 g/mol. The van der Waals surface area contributed by atoms with Crippen LogP contribution in [0.2, 0.25) is 0 Å². The number of carbonyl (C=O) groups is 1. The number of esters is 1. The third-order valence-electron chi connectivity index (χ3n) is 2.17. The lowest BCUT2D eigenvalue weighted by atomic mass is 10.2. The molecular formula is C10H10N2O2. The molecule has 72 valence electrons. The number of carbonyl (C=O) groups excluding carboxylic acids is 1. The molecule has 0 aliphatic heterocycles. The summed E-state index contributed by atoms with van der Waals surface area (Å²) in [6.45, 7) is 1.98. The molecule has 0 spiro atoms. The van der Waals surface area contributed by atoms with Gasteiger partial charge < -0.3 is 9.72 Å². The number of rotatable bonds is 1. The third-order valence-corrected chi connectivity index (χ3v) is 2.17. The van der Waals surface area contributed by atoms with E-state index in [9.17, 15) is 4.79 Å². The fourth-order valence-corrected chi connectivity index (χ4v) is 1.37. The SMILES string of the molecule is COC(=O)c1cc2[nH]cc(C)c2cn1. The minimum Gasteiger partial charge on any atom is -0.464 e. The van der Waals surface area contributed by atoms with Crippen molar-refractivity contribution in [3.8, 4) is 0 Å². The van der Waals surface area contributed by atoms with Gasteiger partial charge >= 0.3 is 5.97 Å². The maximum Gasteiger partial charge on any atom is 0.356 e. The van der Waals surface area contributed by atoms with Crippen LogP contribution in [0.3, 0.4) is 0 Å². The summed E-state index contributed by atoms with van der Waals surface area (Å²) in [5.74, 6) is -0.417. The van der Waals surface area contributed by atoms with Gasteiger partial charge in [0.15, 0.2) is 0 Å². The van der Waals surface area contributed by atoms with Crippen LogP contribution in [0.5, 0.6) is 0 Å². The first kappa shape index (κ1) is 8.74. The number of nitrogens with one attached hydrogen (secondary N) is 1. The Labute approximate surface area is 80.9 Å². The topological polar surface area (TPSA) is 55.0 Å². The fourth-order valence-electron chi connectivity index (χ4n) is 1.37. The number of pyridine rings is 1. The average Bonchev–Trinajstić information content (AvgIpc) is 2.59. The van der Waals surface area contributed by atoms with Crippen molar-refractivity contribution >= 4 is 16.9 Å². The summed E-state index contributed by atoms with van der Waals surface area (Å²) in [6.07, 6.45) is 3.56. The van der Waals surface area contributed by atoms with Gasteiger partial charge in [-0.15, -0.1) is 0 Å². The van der Waals surface area contributed by atoms with Crippen LogP contribution in [0.25, 0.3) is 10.9 Å². The van der Waals surface area contributed by atoms with E-state index in [1.807, 2.05) is 13.1 Å². The minimum atomic E-state index is -0.417. The second-order valence-corrected chi connectivity index (χ2v) is 3.08. The number of aryl methyl sites for hydroxylation is 1. The van der Waals surface area contributed by atoms with Crippen molar-refractivity contribution in [1.82, 2.24) is 9.97 Å². The normalized spacial score (nSPS) is 10.4. The van der Waals surface area contributed by atoms with E-state index in [1.165, 1.54) is 7.11 Å². The molecule has 2 rings (SSSR count). The molecule has 0 aliphatic carbocycles. The van der Waals surface area contributed by atoms with Crippen LogP contribution >= 0.6 is 0 Å². The van der Waals surface area contributed by atoms with Crippen LogP contribution in [-0.2, 0) is 4.74 Å². The highest BCUT2D eigenvalue weighted by molar-refractivity contribution is 5.92. The highest BCUT2D eigenvalue weighted by Crippen LogP contribution is 2.16. The highest BCUT2D eigenvalue weighted by atomic mass is 16.5. The molecule has 2 heterocycles. The van der Waals surface area contributed by atoms with Gasteiger partial charge in [0.2, 0.25) is 0 Å². The lowest BCUT2D eigenvalue weighted by Gasteiger charge is -1.97. The minimum absolute atomic E-state index is 0.321. The molecule has 0 bridgehead atoms. The van der Waals surface area contributed by atoms with Gasteiger partial charge in [-0.1, -0.05) is 0 Å². The molecule has 1 N–H and O–H groups in total. The fraction of sp³-hybridized carbons (Fsp3) is 0.200. The van der Waals surface area contributed by atoms with Crippen LogP contribution < -0.4 is 0 Å². The first-order valence-corrected chi connectivity index (χ1v) is 4.24.